The summed E-state index contributed by atoms with van der Waals surface area (Å²) in [4.78, 5) is 14.6. The topological polar surface area (TPSA) is 75.9 Å². The first-order valence-corrected chi connectivity index (χ1v) is 7.05. The molecule has 1 saturated heterocycles. The van der Waals surface area contributed by atoms with Gasteiger partial charge in [0.25, 0.3) is 5.91 Å². The highest BCUT2D eigenvalue weighted by Gasteiger charge is 2.19. The molecule has 0 spiro atoms. The lowest BCUT2D eigenvalue weighted by Crippen LogP contribution is -2.46. The molecule has 0 unspecified atom stereocenters. The Kier molecular flexibility index (Phi) is 3.92. The molecule has 21 heavy (non-hydrogen) atoms. The van der Waals surface area contributed by atoms with Gasteiger partial charge in [0.2, 0.25) is 0 Å². The van der Waals surface area contributed by atoms with E-state index in [-0.39, 0.29) is 11.9 Å². The van der Waals surface area contributed by atoms with Crippen molar-refractivity contribution in [2.45, 2.75) is 18.9 Å². The smallest absolute Gasteiger partial charge is 0.251 e. The lowest BCUT2D eigenvalue weighted by molar-refractivity contribution is 0.0912. The molecule has 0 bridgehead atoms. The molecular weight excluding hydrogens is 268 g/mol. The van der Waals surface area contributed by atoms with Crippen molar-refractivity contribution in [2.75, 3.05) is 20.1 Å². The van der Waals surface area contributed by atoms with Gasteiger partial charge < -0.3 is 10.2 Å². The van der Waals surface area contributed by atoms with Gasteiger partial charge in [-0.05, 0) is 55.1 Å². The molecule has 110 valence electrons. The Balaban J connectivity index is 1.71. The molecule has 2 aromatic rings. The van der Waals surface area contributed by atoms with Crippen molar-refractivity contribution in [2.24, 2.45) is 0 Å². The quantitative estimate of drug-likeness (QED) is 0.888. The fourth-order valence-corrected chi connectivity index (χ4v) is 2.62. The van der Waals surface area contributed by atoms with E-state index in [0.29, 0.717) is 5.56 Å². The molecule has 7 heteroatoms. The summed E-state index contributed by atoms with van der Waals surface area (Å²) in [6.45, 7) is 2.00. The number of hydrogen-bond donors (Lipinski definition) is 1. The number of carbonyl (C=O) groups is 1. The number of rotatable bonds is 3. The Labute approximate surface area is 122 Å². The number of piperidine rings is 1. The Morgan fingerprint density at radius 3 is 3.10 bits per heavy atom. The number of hydrogen-bond acceptors (Lipinski definition) is 5. The molecule has 7 nitrogen and oxygen atoms in total. The molecule has 1 aliphatic heterocycles. The third-order valence-electron chi connectivity index (χ3n) is 3.68. The van der Waals surface area contributed by atoms with Crippen LogP contribution >= 0.6 is 0 Å². The predicted molar refractivity (Wildman–Crippen MR) is 77.1 cm³/mol. The fourth-order valence-electron chi connectivity index (χ4n) is 2.62. The van der Waals surface area contributed by atoms with Crippen LogP contribution in [0.15, 0.2) is 30.6 Å². The lowest BCUT2D eigenvalue weighted by atomic mass is 10.1. The van der Waals surface area contributed by atoms with Crippen molar-refractivity contribution < 1.29 is 4.79 Å². The second-order valence-corrected chi connectivity index (χ2v) is 5.38. The number of likely N-dealkylation sites (tertiary alicyclic amines) is 1. The van der Waals surface area contributed by atoms with Gasteiger partial charge in [-0.2, -0.15) is 0 Å². The molecule has 3 rings (SSSR count). The summed E-state index contributed by atoms with van der Waals surface area (Å²) in [5.41, 5.74) is 1.39. The van der Waals surface area contributed by atoms with Crippen molar-refractivity contribution in [3.05, 3.63) is 36.2 Å². The van der Waals surface area contributed by atoms with Crippen LogP contribution in [0.1, 0.15) is 23.2 Å². The summed E-state index contributed by atoms with van der Waals surface area (Å²) in [7, 11) is 2.08. The number of amides is 1. The molecule has 1 atom stereocenters. The average molecular weight is 286 g/mol. The summed E-state index contributed by atoms with van der Waals surface area (Å²) < 4.78 is 1.53. The van der Waals surface area contributed by atoms with Crippen LogP contribution in [-0.4, -0.2) is 57.2 Å². The summed E-state index contributed by atoms with van der Waals surface area (Å²) in [5, 5.41) is 14.1. The Hall–Kier alpha value is -2.28. The molecule has 1 amide bonds. The molecule has 1 aliphatic rings. The largest absolute Gasteiger partial charge is 0.348 e. The summed E-state index contributed by atoms with van der Waals surface area (Å²) in [6.07, 6.45) is 3.65. The number of tetrazole rings is 1. The number of aromatic nitrogens is 4. The van der Waals surface area contributed by atoms with E-state index >= 15 is 0 Å². The van der Waals surface area contributed by atoms with Crippen LogP contribution in [0, 0.1) is 0 Å². The second-order valence-electron chi connectivity index (χ2n) is 5.38. The maximum atomic E-state index is 12.4. The number of benzene rings is 1. The van der Waals surface area contributed by atoms with Gasteiger partial charge in [-0.3, -0.25) is 4.79 Å². The Bertz CT molecular complexity index is 612. The highest BCUT2D eigenvalue weighted by Crippen LogP contribution is 2.11. The van der Waals surface area contributed by atoms with Crippen LogP contribution in [0.25, 0.3) is 5.69 Å². The van der Waals surface area contributed by atoms with Crippen LogP contribution < -0.4 is 5.32 Å². The predicted octanol–water partition coefficient (Wildman–Crippen LogP) is 0.486. The molecule has 1 fully saturated rings. The summed E-state index contributed by atoms with van der Waals surface area (Å²) in [6, 6.07) is 7.50. The monoisotopic (exact) mass is 286 g/mol. The lowest BCUT2D eigenvalue weighted by Gasteiger charge is -2.30. The van der Waals surface area contributed by atoms with Crippen molar-refractivity contribution in [3.8, 4) is 5.69 Å². The summed E-state index contributed by atoms with van der Waals surface area (Å²) in [5.74, 6) is -0.0507. The van der Waals surface area contributed by atoms with Gasteiger partial charge in [0.1, 0.15) is 6.33 Å². The molecule has 1 aromatic carbocycles. The van der Waals surface area contributed by atoms with Crippen molar-refractivity contribution in [3.63, 3.8) is 0 Å². The van der Waals surface area contributed by atoms with E-state index in [2.05, 4.69) is 32.8 Å². The number of nitrogens with one attached hydrogen (secondary N) is 1. The number of carbonyl (C=O) groups excluding carboxylic acids is 1. The molecule has 2 heterocycles. The minimum atomic E-state index is -0.0507. The van der Waals surface area contributed by atoms with E-state index in [1.54, 1.807) is 12.1 Å². The molecule has 1 N–H and O–H groups in total. The van der Waals surface area contributed by atoms with E-state index < -0.39 is 0 Å². The van der Waals surface area contributed by atoms with Gasteiger partial charge in [0, 0.05) is 18.2 Å². The minimum Gasteiger partial charge on any atom is -0.348 e. The van der Waals surface area contributed by atoms with E-state index in [9.17, 15) is 4.79 Å². The van der Waals surface area contributed by atoms with Gasteiger partial charge in [-0.1, -0.05) is 6.07 Å². The molecule has 0 saturated carbocycles. The van der Waals surface area contributed by atoms with Crippen molar-refractivity contribution in [1.82, 2.24) is 30.4 Å². The molecule has 1 aromatic heterocycles. The maximum absolute atomic E-state index is 12.4. The van der Waals surface area contributed by atoms with E-state index in [1.807, 2.05) is 12.1 Å². The van der Waals surface area contributed by atoms with Crippen LogP contribution in [0.2, 0.25) is 0 Å². The number of nitrogens with zero attached hydrogens (tertiary/aromatic N) is 5. The van der Waals surface area contributed by atoms with E-state index in [1.165, 1.54) is 11.0 Å². The van der Waals surface area contributed by atoms with Crippen LogP contribution in [0.5, 0.6) is 0 Å². The molecule has 0 radical (unpaired) electrons. The first-order chi connectivity index (χ1) is 10.2. The zero-order valence-electron chi connectivity index (χ0n) is 11.9. The van der Waals surface area contributed by atoms with Crippen molar-refractivity contribution in [1.29, 1.82) is 0 Å². The molecular formula is C14H18N6O. The SMILES string of the molecule is CN1CCC[C@H](NC(=O)c2cccc(-n3cnnn3)c2)C1. The maximum Gasteiger partial charge on any atom is 0.251 e. The van der Waals surface area contributed by atoms with Crippen molar-refractivity contribution >= 4 is 5.91 Å². The van der Waals surface area contributed by atoms with E-state index in [0.717, 1.165) is 31.6 Å². The Morgan fingerprint density at radius 1 is 1.43 bits per heavy atom. The summed E-state index contributed by atoms with van der Waals surface area (Å²) >= 11 is 0. The Morgan fingerprint density at radius 2 is 2.33 bits per heavy atom. The highest BCUT2D eigenvalue weighted by molar-refractivity contribution is 5.94. The third kappa shape index (κ3) is 3.25. The second kappa shape index (κ2) is 6.01. The number of likely N-dealkylation sites (N-methyl/N-ethyl adjacent to an activating group) is 1. The molecule has 0 aliphatic carbocycles. The third-order valence-corrected chi connectivity index (χ3v) is 3.68. The minimum absolute atomic E-state index is 0.0507. The first kappa shape index (κ1) is 13.7. The zero-order chi connectivity index (χ0) is 14.7. The standard InChI is InChI=1S/C14H18N6O/c1-19-7-3-5-12(9-19)16-14(21)11-4-2-6-13(8-11)20-10-15-17-18-20/h2,4,6,8,10,12H,3,5,7,9H2,1H3,(H,16,21)/t12-/m0/s1. The van der Waals surface area contributed by atoms with Gasteiger partial charge in [0.05, 0.1) is 5.69 Å². The van der Waals surface area contributed by atoms with Gasteiger partial charge in [-0.25, -0.2) is 4.68 Å². The van der Waals surface area contributed by atoms with Crippen LogP contribution in [-0.2, 0) is 0 Å². The van der Waals surface area contributed by atoms with E-state index in [4.69, 9.17) is 0 Å². The fraction of sp³-hybridized carbons (Fsp3) is 0.429. The first-order valence-electron chi connectivity index (χ1n) is 7.05. The average Bonchev–Trinajstić information content (AvgIpc) is 3.02. The van der Waals surface area contributed by atoms with Gasteiger partial charge in [0.15, 0.2) is 0 Å². The normalized spacial score (nSPS) is 19.4. The highest BCUT2D eigenvalue weighted by atomic mass is 16.1. The van der Waals surface area contributed by atoms with Crippen LogP contribution in [0.3, 0.4) is 0 Å². The van der Waals surface area contributed by atoms with Gasteiger partial charge in [-0.15, -0.1) is 5.10 Å². The van der Waals surface area contributed by atoms with Gasteiger partial charge >= 0.3 is 0 Å². The van der Waals surface area contributed by atoms with Crippen LogP contribution in [0.4, 0.5) is 0 Å². The zero-order valence-corrected chi connectivity index (χ0v) is 11.9.